The van der Waals surface area contributed by atoms with E-state index in [1.807, 2.05) is 36.6 Å². The first-order valence-corrected chi connectivity index (χ1v) is 10.6. The molecule has 1 atom stereocenters. The first kappa shape index (κ1) is 20.7. The molecule has 0 unspecified atom stereocenters. The van der Waals surface area contributed by atoms with Crippen LogP contribution in [0.25, 0.3) is 21.3 Å². The average Bonchev–Trinajstić information content (AvgIpc) is 3.26. The Balaban J connectivity index is 1.60. The van der Waals surface area contributed by atoms with Crippen LogP contribution in [0.5, 0.6) is 0 Å². The largest absolute Gasteiger partial charge is 0.344 e. The predicted octanol–water partition coefficient (Wildman–Crippen LogP) is 2.19. The Labute approximate surface area is 181 Å². The van der Waals surface area contributed by atoms with Gasteiger partial charge in [-0.05, 0) is 25.8 Å². The minimum Gasteiger partial charge on any atom is -0.322 e. The summed E-state index contributed by atoms with van der Waals surface area (Å²) in [6, 6.07) is 7.08. The van der Waals surface area contributed by atoms with E-state index in [1.54, 1.807) is 13.8 Å². The maximum absolute atomic E-state index is 13.1. The molecule has 0 radical (unpaired) electrons. The summed E-state index contributed by atoms with van der Waals surface area (Å²) < 4.78 is 1.17. The molecule has 2 N–H and O–H groups in total. The highest BCUT2D eigenvalue weighted by atomic mass is 32.1. The molecule has 4 rings (SSSR count). The lowest BCUT2D eigenvalue weighted by molar-refractivity contribution is -0.139. The van der Waals surface area contributed by atoms with E-state index in [4.69, 9.17) is 0 Å². The smallest absolute Gasteiger partial charge is 0.322 e. The van der Waals surface area contributed by atoms with E-state index in [9.17, 15) is 19.2 Å². The number of fused-ring (bicyclic) bond motifs is 1. The number of imide groups is 1. The van der Waals surface area contributed by atoms with E-state index in [2.05, 4.69) is 15.7 Å². The number of nitrogens with zero attached hydrogens (tertiary/aromatic N) is 3. The zero-order valence-corrected chi connectivity index (χ0v) is 18.1. The van der Waals surface area contributed by atoms with Gasteiger partial charge in [0.2, 0.25) is 0 Å². The highest BCUT2D eigenvalue weighted by Crippen LogP contribution is 2.30. The topological polar surface area (TPSA) is 113 Å². The zero-order chi connectivity index (χ0) is 22.3. The maximum atomic E-state index is 13.1. The summed E-state index contributed by atoms with van der Waals surface area (Å²) in [6.45, 7) is 4.95. The molecule has 0 bridgehead atoms. The lowest BCUT2D eigenvalue weighted by Crippen LogP contribution is -2.49. The number of hydrazine groups is 1. The van der Waals surface area contributed by atoms with E-state index in [0.29, 0.717) is 21.6 Å². The summed E-state index contributed by atoms with van der Waals surface area (Å²) in [6.07, 6.45) is 1.67. The SMILES string of the molecule is CC[C@]1(C)NC(=O)N(NC(=O)Cn2cnc3scc(-c4ccc(C)cc4)c3c2=O)C1=O. The standard InChI is InChI=1S/C21H21N5O4S/c1-4-21(3)19(29)26(20(30)23-21)24-15(27)9-25-11-22-17-16(18(25)28)14(10-31-17)13-7-5-12(2)6-8-13/h5-8,10-11H,4,9H2,1-3H3,(H,23,30)(H,24,27)/t21-/m0/s1. The van der Waals surface area contributed by atoms with Crippen molar-refractivity contribution in [1.29, 1.82) is 0 Å². The Morgan fingerprint density at radius 3 is 2.58 bits per heavy atom. The molecule has 2 aromatic heterocycles. The number of benzene rings is 1. The average molecular weight is 439 g/mol. The molecule has 1 aromatic carbocycles. The second-order valence-corrected chi connectivity index (χ2v) is 8.52. The van der Waals surface area contributed by atoms with Gasteiger partial charge >= 0.3 is 6.03 Å². The number of aryl methyl sites for hydroxylation is 1. The monoisotopic (exact) mass is 439 g/mol. The van der Waals surface area contributed by atoms with Gasteiger partial charge in [-0.2, -0.15) is 5.01 Å². The zero-order valence-electron chi connectivity index (χ0n) is 17.3. The third-order valence-electron chi connectivity index (χ3n) is 5.44. The quantitative estimate of drug-likeness (QED) is 0.592. The molecule has 3 heterocycles. The van der Waals surface area contributed by atoms with Crippen molar-refractivity contribution in [2.24, 2.45) is 0 Å². The van der Waals surface area contributed by atoms with Gasteiger partial charge in [-0.1, -0.05) is 36.8 Å². The van der Waals surface area contributed by atoms with Crippen molar-refractivity contribution in [2.45, 2.75) is 39.3 Å². The van der Waals surface area contributed by atoms with E-state index in [-0.39, 0.29) is 12.1 Å². The minimum absolute atomic E-state index is 0.368. The van der Waals surface area contributed by atoms with Gasteiger partial charge in [0.25, 0.3) is 17.4 Å². The fourth-order valence-electron chi connectivity index (χ4n) is 3.37. The molecular formula is C21H21N5O4S. The Hall–Kier alpha value is -3.53. The second-order valence-electron chi connectivity index (χ2n) is 7.66. The van der Waals surface area contributed by atoms with Crippen LogP contribution in [-0.2, 0) is 16.1 Å². The van der Waals surface area contributed by atoms with Gasteiger partial charge in [-0.25, -0.2) is 9.78 Å². The molecule has 31 heavy (non-hydrogen) atoms. The van der Waals surface area contributed by atoms with Gasteiger partial charge < -0.3 is 5.32 Å². The normalized spacial score (nSPS) is 18.5. The van der Waals surface area contributed by atoms with Crippen LogP contribution < -0.4 is 16.3 Å². The molecule has 0 spiro atoms. The third kappa shape index (κ3) is 3.59. The molecule has 9 nitrogen and oxygen atoms in total. The van der Waals surface area contributed by atoms with Crippen LogP contribution in [0.2, 0.25) is 0 Å². The first-order valence-electron chi connectivity index (χ1n) is 9.73. The van der Waals surface area contributed by atoms with Gasteiger partial charge in [0.1, 0.15) is 16.9 Å². The molecule has 160 valence electrons. The number of thiophene rings is 1. The fourth-order valence-corrected chi connectivity index (χ4v) is 4.27. The number of amides is 4. The number of aromatic nitrogens is 2. The number of hydrogen-bond donors (Lipinski definition) is 2. The van der Waals surface area contributed by atoms with Crippen LogP contribution in [0.15, 0.2) is 40.8 Å². The summed E-state index contributed by atoms with van der Waals surface area (Å²) in [5.41, 5.74) is 3.59. The summed E-state index contributed by atoms with van der Waals surface area (Å²) in [5.74, 6) is -1.23. The van der Waals surface area contributed by atoms with Crippen LogP contribution in [0.4, 0.5) is 4.79 Å². The summed E-state index contributed by atoms with van der Waals surface area (Å²) in [7, 11) is 0. The van der Waals surface area contributed by atoms with Crippen LogP contribution >= 0.6 is 11.3 Å². The van der Waals surface area contributed by atoms with Gasteiger partial charge in [0, 0.05) is 10.9 Å². The molecular weight excluding hydrogens is 418 g/mol. The Morgan fingerprint density at radius 1 is 1.23 bits per heavy atom. The number of carbonyl (C=O) groups is 3. The molecule has 0 aliphatic carbocycles. The van der Waals surface area contributed by atoms with Crippen LogP contribution in [0.1, 0.15) is 25.8 Å². The van der Waals surface area contributed by atoms with Crippen molar-refractivity contribution < 1.29 is 14.4 Å². The van der Waals surface area contributed by atoms with Crippen molar-refractivity contribution in [3.63, 3.8) is 0 Å². The van der Waals surface area contributed by atoms with Gasteiger partial charge in [-0.3, -0.25) is 24.4 Å². The van der Waals surface area contributed by atoms with Crippen LogP contribution in [0, 0.1) is 6.92 Å². The van der Waals surface area contributed by atoms with Crippen molar-refractivity contribution >= 4 is 39.4 Å². The van der Waals surface area contributed by atoms with Crippen molar-refractivity contribution in [2.75, 3.05) is 0 Å². The number of hydrogen-bond acceptors (Lipinski definition) is 6. The van der Waals surface area contributed by atoms with Crippen molar-refractivity contribution in [3.8, 4) is 11.1 Å². The Kier molecular flexibility index (Phi) is 5.10. The van der Waals surface area contributed by atoms with Gasteiger partial charge in [0.15, 0.2) is 0 Å². The summed E-state index contributed by atoms with van der Waals surface area (Å²) in [4.78, 5) is 55.0. The summed E-state index contributed by atoms with van der Waals surface area (Å²) in [5, 5.41) is 5.51. The van der Waals surface area contributed by atoms with Crippen LogP contribution in [0.3, 0.4) is 0 Å². The van der Waals surface area contributed by atoms with Crippen LogP contribution in [-0.4, -0.2) is 37.9 Å². The first-order chi connectivity index (χ1) is 14.7. The van der Waals surface area contributed by atoms with Crippen molar-refractivity contribution in [3.05, 3.63) is 51.9 Å². The highest BCUT2D eigenvalue weighted by molar-refractivity contribution is 7.17. The number of carbonyl (C=O) groups excluding carboxylic acids is 3. The molecule has 1 fully saturated rings. The molecule has 1 aliphatic heterocycles. The van der Waals surface area contributed by atoms with E-state index >= 15 is 0 Å². The van der Waals surface area contributed by atoms with Gasteiger partial charge in [-0.15, -0.1) is 11.3 Å². The van der Waals surface area contributed by atoms with E-state index in [1.165, 1.54) is 22.2 Å². The Bertz CT molecular complexity index is 1260. The molecule has 10 heteroatoms. The van der Waals surface area contributed by atoms with E-state index < -0.39 is 23.4 Å². The lowest BCUT2D eigenvalue weighted by Gasteiger charge is -2.19. The number of rotatable bonds is 5. The number of urea groups is 1. The molecule has 3 aromatic rings. The molecule has 1 saturated heterocycles. The van der Waals surface area contributed by atoms with Gasteiger partial charge in [0.05, 0.1) is 11.7 Å². The third-order valence-corrected chi connectivity index (χ3v) is 6.33. The fraction of sp³-hybridized carbons (Fsp3) is 0.286. The van der Waals surface area contributed by atoms with Crippen molar-refractivity contribution in [1.82, 2.24) is 25.3 Å². The minimum atomic E-state index is -1.07. The lowest BCUT2D eigenvalue weighted by atomic mass is 10.00. The van der Waals surface area contributed by atoms with E-state index in [0.717, 1.165) is 16.7 Å². The Morgan fingerprint density at radius 2 is 1.94 bits per heavy atom. The number of nitrogens with one attached hydrogen (secondary N) is 2. The maximum Gasteiger partial charge on any atom is 0.344 e. The molecule has 1 aliphatic rings. The second kappa shape index (κ2) is 7.62. The predicted molar refractivity (Wildman–Crippen MR) is 116 cm³/mol. The highest BCUT2D eigenvalue weighted by Gasteiger charge is 2.47. The summed E-state index contributed by atoms with van der Waals surface area (Å²) >= 11 is 1.35. The molecule has 4 amide bonds. The molecule has 0 saturated carbocycles.